The summed E-state index contributed by atoms with van der Waals surface area (Å²) in [4.78, 5) is 40.3. The zero-order valence-electron chi connectivity index (χ0n) is 19.6. The lowest BCUT2D eigenvalue weighted by atomic mass is 9.68. The molecule has 184 valence electrons. The molecule has 9 heteroatoms. The van der Waals surface area contributed by atoms with E-state index in [2.05, 4.69) is 6.07 Å². The van der Waals surface area contributed by atoms with Crippen molar-refractivity contribution in [2.75, 3.05) is 12.0 Å². The third-order valence-electron chi connectivity index (χ3n) is 7.11. The van der Waals surface area contributed by atoms with Crippen LogP contribution < -0.4 is 4.90 Å². The summed E-state index contributed by atoms with van der Waals surface area (Å²) < 4.78 is 5.17. The summed E-state index contributed by atoms with van der Waals surface area (Å²) in [6, 6.07) is 19.8. The lowest BCUT2D eigenvalue weighted by Gasteiger charge is -2.36. The number of benzene rings is 3. The number of nitrogens with zero attached hydrogens (tertiary/aromatic N) is 3. The molecular formula is C28H20ClN3O5. The number of rotatable bonds is 5. The van der Waals surface area contributed by atoms with Crippen LogP contribution in [-0.2, 0) is 9.53 Å². The van der Waals surface area contributed by atoms with Crippen molar-refractivity contribution in [2.45, 2.75) is 18.0 Å². The van der Waals surface area contributed by atoms with Gasteiger partial charge in [-0.05, 0) is 41.5 Å². The van der Waals surface area contributed by atoms with Crippen LogP contribution in [0.4, 0.5) is 11.4 Å². The van der Waals surface area contributed by atoms with E-state index in [1.165, 1.54) is 31.4 Å². The molecule has 0 spiro atoms. The number of Topliss-reactive ketones (excluding diaryl/α,β-unsaturated/α-hetero) is 1. The zero-order chi connectivity index (χ0) is 26.3. The van der Waals surface area contributed by atoms with Crippen LogP contribution in [0, 0.1) is 26.9 Å². The van der Waals surface area contributed by atoms with Crippen molar-refractivity contribution in [3.63, 3.8) is 0 Å². The third-order valence-corrected chi connectivity index (χ3v) is 7.37. The average molecular weight is 514 g/mol. The number of halogens is 1. The highest BCUT2D eigenvalue weighted by atomic mass is 35.5. The predicted molar refractivity (Wildman–Crippen MR) is 137 cm³/mol. The van der Waals surface area contributed by atoms with E-state index in [4.69, 9.17) is 16.3 Å². The Morgan fingerprint density at radius 3 is 2.38 bits per heavy atom. The van der Waals surface area contributed by atoms with E-state index < -0.39 is 34.3 Å². The smallest absolute Gasteiger partial charge is 0.329 e. The third kappa shape index (κ3) is 3.67. The molecule has 1 fully saturated rings. The maximum atomic E-state index is 14.2. The molecule has 0 unspecified atom stereocenters. The maximum absolute atomic E-state index is 14.2. The van der Waals surface area contributed by atoms with Crippen LogP contribution in [0.1, 0.15) is 27.4 Å². The lowest BCUT2D eigenvalue weighted by molar-refractivity contribution is -0.384. The Balaban J connectivity index is 1.80. The molecule has 0 amide bonds. The highest BCUT2D eigenvalue weighted by Gasteiger charge is 2.67. The first-order chi connectivity index (χ1) is 17.8. The number of hydrogen-bond acceptors (Lipinski definition) is 7. The molecule has 2 aliphatic heterocycles. The highest BCUT2D eigenvalue weighted by molar-refractivity contribution is 6.30. The number of methoxy groups -OCH3 is 1. The van der Waals surface area contributed by atoms with Crippen molar-refractivity contribution in [2.24, 2.45) is 5.41 Å². The van der Waals surface area contributed by atoms with Crippen LogP contribution in [0.15, 0.2) is 78.9 Å². The van der Waals surface area contributed by atoms with Gasteiger partial charge in [0.05, 0.1) is 24.1 Å². The van der Waals surface area contributed by atoms with Gasteiger partial charge in [-0.25, -0.2) is 0 Å². The first-order valence-corrected chi connectivity index (χ1v) is 11.8. The van der Waals surface area contributed by atoms with Gasteiger partial charge in [-0.2, -0.15) is 5.26 Å². The fourth-order valence-electron chi connectivity index (χ4n) is 5.50. The number of anilines is 1. The minimum Gasteiger partial charge on any atom is -0.468 e. The van der Waals surface area contributed by atoms with Gasteiger partial charge >= 0.3 is 5.97 Å². The summed E-state index contributed by atoms with van der Waals surface area (Å²) in [6.45, 7) is 0. The Morgan fingerprint density at radius 1 is 1.08 bits per heavy atom. The highest BCUT2D eigenvalue weighted by Crippen LogP contribution is 2.56. The van der Waals surface area contributed by atoms with Gasteiger partial charge < -0.3 is 9.64 Å². The maximum Gasteiger partial charge on any atom is 0.329 e. The van der Waals surface area contributed by atoms with Crippen LogP contribution >= 0.6 is 11.6 Å². The second kappa shape index (κ2) is 9.19. The monoisotopic (exact) mass is 513 g/mol. The van der Waals surface area contributed by atoms with Crippen molar-refractivity contribution < 1.29 is 19.2 Å². The van der Waals surface area contributed by atoms with Crippen molar-refractivity contribution >= 4 is 40.8 Å². The van der Waals surface area contributed by atoms with Crippen LogP contribution in [-0.4, -0.2) is 35.9 Å². The number of non-ortho nitro benzene ring substituents is 1. The van der Waals surface area contributed by atoms with Gasteiger partial charge in [0.2, 0.25) is 0 Å². The molecule has 0 N–H and O–H groups in total. The summed E-state index contributed by atoms with van der Waals surface area (Å²) >= 11 is 6.06. The number of nitriles is 1. The number of ketones is 1. The van der Waals surface area contributed by atoms with Gasteiger partial charge in [-0.1, -0.05) is 54.1 Å². The van der Waals surface area contributed by atoms with Gasteiger partial charge in [-0.15, -0.1) is 0 Å². The quantitative estimate of drug-likeness (QED) is 0.200. The molecule has 37 heavy (non-hydrogen) atoms. The summed E-state index contributed by atoms with van der Waals surface area (Å²) in [7, 11) is 1.20. The molecule has 8 nitrogen and oxygen atoms in total. The largest absolute Gasteiger partial charge is 0.468 e. The Kier molecular flexibility index (Phi) is 6.02. The average Bonchev–Trinajstić information content (AvgIpc) is 3.24. The molecule has 0 bridgehead atoms. The van der Waals surface area contributed by atoms with E-state index >= 15 is 0 Å². The molecule has 0 aliphatic carbocycles. The normalized spacial score (nSPS) is 23.5. The van der Waals surface area contributed by atoms with Crippen LogP contribution in [0.25, 0.3) is 6.08 Å². The number of esters is 1. The SMILES string of the molecule is COC(=O)[C@]1(C#N)[C@@H](c2ccc([N+](=O)[O-])cc2)[C@@H](C(=O)c2ccc(Cl)cc2)N2c3ccccc3C=C[C@@H]21. The van der Waals surface area contributed by atoms with Crippen molar-refractivity contribution in [3.8, 4) is 6.07 Å². The summed E-state index contributed by atoms with van der Waals surface area (Å²) in [5, 5.41) is 22.4. The van der Waals surface area contributed by atoms with Crippen LogP contribution in [0.3, 0.4) is 0 Å². The Labute approximate surface area is 217 Å². The van der Waals surface area contributed by atoms with Crippen molar-refractivity contribution in [1.82, 2.24) is 0 Å². The minimum absolute atomic E-state index is 0.147. The molecule has 0 aromatic heterocycles. The Morgan fingerprint density at radius 2 is 1.76 bits per heavy atom. The second-order valence-corrected chi connectivity index (χ2v) is 9.32. The molecule has 3 aromatic carbocycles. The predicted octanol–water partition coefficient (Wildman–Crippen LogP) is 5.18. The van der Waals surface area contributed by atoms with E-state index in [-0.39, 0.29) is 11.5 Å². The number of carbonyl (C=O) groups excluding carboxylic acids is 2. The first-order valence-electron chi connectivity index (χ1n) is 11.4. The molecule has 1 saturated heterocycles. The summed E-state index contributed by atoms with van der Waals surface area (Å²) in [5.41, 5.74) is 0.340. The van der Waals surface area contributed by atoms with Crippen LogP contribution in [0.5, 0.6) is 0 Å². The standard InChI is InChI=1S/C28H20ClN3O5/c1-37-27(34)28(16-30)23-15-10-17-4-2-3-5-22(17)31(23)25(26(33)19-6-11-20(29)12-7-19)24(28)18-8-13-21(14-9-18)32(35)36/h2-15,23-25H,1H3/t23-,24+,25+,28+/m1/s1. The Bertz CT molecular complexity index is 1480. The fourth-order valence-corrected chi connectivity index (χ4v) is 5.62. The first kappa shape index (κ1) is 24.2. The summed E-state index contributed by atoms with van der Waals surface area (Å²) in [5.74, 6) is -2.12. The molecule has 0 radical (unpaired) electrons. The molecule has 4 atom stereocenters. The molecule has 2 heterocycles. The van der Waals surface area contributed by atoms with Gasteiger partial charge in [0.1, 0.15) is 6.04 Å². The Hall–Kier alpha value is -4.48. The number of carbonyl (C=O) groups is 2. The van der Waals surface area contributed by atoms with Gasteiger partial charge in [0.15, 0.2) is 11.2 Å². The van der Waals surface area contributed by atoms with Crippen molar-refractivity contribution in [1.29, 1.82) is 5.26 Å². The fraction of sp³-hybridized carbons (Fsp3) is 0.179. The van der Waals surface area contributed by atoms with Gasteiger partial charge in [0, 0.05) is 34.3 Å². The van der Waals surface area contributed by atoms with Gasteiger partial charge in [-0.3, -0.25) is 19.7 Å². The number of nitro benzene ring substituents is 1. The number of para-hydroxylation sites is 1. The van der Waals surface area contributed by atoms with E-state index in [9.17, 15) is 25.0 Å². The second-order valence-electron chi connectivity index (χ2n) is 8.88. The van der Waals surface area contributed by atoms with E-state index in [0.29, 0.717) is 21.8 Å². The lowest BCUT2D eigenvalue weighted by Crippen LogP contribution is -2.46. The number of nitro groups is 1. The molecular weight excluding hydrogens is 494 g/mol. The molecule has 0 saturated carbocycles. The van der Waals surface area contributed by atoms with E-state index in [1.807, 2.05) is 30.3 Å². The van der Waals surface area contributed by atoms with Gasteiger partial charge in [0.25, 0.3) is 5.69 Å². The zero-order valence-corrected chi connectivity index (χ0v) is 20.3. The van der Waals surface area contributed by atoms with E-state index in [1.54, 1.807) is 35.2 Å². The van der Waals surface area contributed by atoms with E-state index in [0.717, 1.165) is 5.56 Å². The molecule has 2 aliphatic rings. The minimum atomic E-state index is -1.82. The molecule has 3 aromatic rings. The molecule has 5 rings (SSSR count). The number of ether oxygens (including phenoxy) is 1. The topological polar surface area (TPSA) is 114 Å². The number of hydrogen-bond donors (Lipinski definition) is 0. The number of fused-ring (bicyclic) bond motifs is 3. The van der Waals surface area contributed by atoms with Crippen LogP contribution in [0.2, 0.25) is 5.02 Å². The van der Waals surface area contributed by atoms with Crippen molar-refractivity contribution in [3.05, 3.63) is 111 Å². The summed E-state index contributed by atoms with van der Waals surface area (Å²) in [6.07, 6.45) is 3.57.